The first kappa shape index (κ1) is 19.5. The summed E-state index contributed by atoms with van der Waals surface area (Å²) in [6.45, 7) is 2.08. The first-order chi connectivity index (χ1) is 11.2. The lowest BCUT2D eigenvalue weighted by atomic mass is 10.2. The van der Waals surface area contributed by atoms with Crippen molar-refractivity contribution in [3.05, 3.63) is 35.9 Å². The minimum Gasteiger partial charge on any atom is -0.354 e. The molecular weight excluding hydrogens is 417 g/mol. The molecular formula is C18H28IN3O2. The maximum absolute atomic E-state index is 6.14. The maximum Gasteiger partial charge on any atom is 0.193 e. The number of rotatable bonds is 4. The largest absolute Gasteiger partial charge is 0.354 e. The quantitative estimate of drug-likeness (QED) is 0.440. The van der Waals surface area contributed by atoms with Gasteiger partial charge in [0, 0.05) is 33.5 Å². The highest BCUT2D eigenvalue weighted by molar-refractivity contribution is 14.0. The van der Waals surface area contributed by atoms with Crippen LogP contribution < -0.4 is 5.32 Å². The third-order valence-electron chi connectivity index (χ3n) is 4.44. The van der Waals surface area contributed by atoms with Crippen LogP contribution in [0.2, 0.25) is 0 Å². The van der Waals surface area contributed by atoms with Gasteiger partial charge >= 0.3 is 0 Å². The van der Waals surface area contributed by atoms with Crippen LogP contribution in [0.25, 0.3) is 0 Å². The Morgan fingerprint density at radius 1 is 1.25 bits per heavy atom. The van der Waals surface area contributed by atoms with Gasteiger partial charge < -0.3 is 19.7 Å². The summed E-state index contributed by atoms with van der Waals surface area (Å²) in [5.74, 6) is 0.594. The third-order valence-corrected chi connectivity index (χ3v) is 4.44. The van der Waals surface area contributed by atoms with Crippen LogP contribution in [0.4, 0.5) is 0 Å². The number of hydrogen-bond acceptors (Lipinski definition) is 3. The molecule has 1 N–H and O–H groups in total. The Morgan fingerprint density at radius 3 is 2.62 bits per heavy atom. The Bertz CT molecular complexity index is 530. The number of hydrogen-bond donors (Lipinski definition) is 1. The molecule has 134 valence electrons. The predicted molar refractivity (Wildman–Crippen MR) is 107 cm³/mol. The summed E-state index contributed by atoms with van der Waals surface area (Å²) >= 11 is 0. The normalized spacial score (nSPS) is 22.4. The smallest absolute Gasteiger partial charge is 0.193 e. The van der Waals surface area contributed by atoms with Crippen molar-refractivity contribution >= 4 is 29.9 Å². The Hall–Kier alpha value is -0.860. The van der Waals surface area contributed by atoms with Gasteiger partial charge in [-0.05, 0) is 18.4 Å². The van der Waals surface area contributed by atoms with Gasteiger partial charge in [0.25, 0.3) is 0 Å². The van der Waals surface area contributed by atoms with Gasteiger partial charge in [-0.15, -0.1) is 24.0 Å². The van der Waals surface area contributed by atoms with Crippen LogP contribution in [0.3, 0.4) is 0 Å². The van der Waals surface area contributed by atoms with Crippen molar-refractivity contribution in [3.8, 4) is 0 Å². The molecule has 1 spiro atoms. The molecule has 0 aromatic heterocycles. The Labute approximate surface area is 161 Å². The number of nitrogens with one attached hydrogen (secondary N) is 1. The Kier molecular flexibility index (Phi) is 7.31. The number of aliphatic imine (C=N–C) groups is 1. The van der Waals surface area contributed by atoms with E-state index in [2.05, 4.69) is 22.4 Å². The predicted octanol–water partition coefficient (Wildman–Crippen LogP) is 3.00. The summed E-state index contributed by atoms with van der Waals surface area (Å²) in [5.41, 5.74) is 1.21. The summed E-state index contributed by atoms with van der Waals surface area (Å²) in [7, 11) is 4.00. The molecule has 1 aromatic carbocycles. The van der Waals surface area contributed by atoms with Crippen molar-refractivity contribution in [2.45, 2.75) is 44.1 Å². The zero-order chi connectivity index (χ0) is 16.1. The van der Waals surface area contributed by atoms with E-state index in [1.165, 1.54) is 18.4 Å². The minimum atomic E-state index is -0.286. The molecule has 1 atom stereocenters. The van der Waals surface area contributed by atoms with E-state index < -0.39 is 0 Å². The maximum atomic E-state index is 6.14. The second-order valence-electron chi connectivity index (χ2n) is 6.57. The van der Waals surface area contributed by atoms with Gasteiger partial charge in [-0.3, -0.25) is 0 Å². The van der Waals surface area contributed by atoms with E-state index in [0.717, 1.165) is 25.3 Å². The van der Waals surface area contributed by atoms with E-state index in [1.807, 2.05) is 37.2 Å². The SMILES string of the molecule is CN(C)C(=NCc1ccccc1)NCC1COC2(CCCC2)O1.I. The molecule has 6 heteroatoms. The fraction of sp³-hybridized carbons (Fsp3) is 0.611. The molecule has 1 aliphatic carbocycles. The summed E-state index contributed by atoms with van der Waals surface area (Å²) in [6.07, 6.45) is 4.59. The molecule has 1 aliphatic heterocycles. The van der Waals surface area contributed by atoms with Gasteiger partial charge in [0.15, 0.2) is 11.7 Å². The topological polar surface area (TPSA) is 46.1 Å². The molecule has 1 aromatic rings. The fourth-order valence-corrected chi connectivity index (χ4v) is 3.20. The van der Waals surface area contributed by atoms with Crippen molar-refractivity contribution < 1.29 is 9.47 Å². The summed E-state index contributed by atoms with van der Waals surface area (Å²) in [6, 6.07) is 10.3. The average molecular weight is 445 g/mol. The van der Waals surface area contributed by atoms with E-state index >= 15 is 0 Å². The summed E-state index contributed by atoms with van der Waals surface area (Å²) in [4.78, 5) is 6.68. The number of nitrogens with zero attached hydrogens (tertiary/aromatic N) is 2. The highest BCUT2D eigenvalue weighted by atomic mass is 127. The molecule has 1 unspecified atom stereocenters. The summed E-state index contributed by atoms with van der Waals surface area (Å²) < 4.78 is 12.1. The van der Waals surface area contributed by atoms with Crippen molar-refractivity contribution in [2.75, 3.05) is 27.2 Å². The molecule has 1 saturated carbocycles. The molecule has 0 amide bonds. The molecule has 1 saturated heterocycles. The second-order valence-corrected chi connectivity index (χ2v) is 6.57. The monoisotopic (exact) mass is 445 g/mol. The van der Waals surface area contributed by atoms with Crippen LogP contribution in [0, 0.1) is 0 Å². The Balaban J connectivity index is 0.00000208. The molecule has 5 nitrogen and oxygen atoms in total. The van der Waals surface area contributed by atoms with Gasteiger partial charge in [0.1, 0.15) is 6.10 Å². The lowest BCUT2D eigenvalue weighted by molar-refractivity contribution is -0.160. The lowest BCUT2D eigenvalue weighted by Gasteiger charge is -2.23. The van der Waals surface area contributed by atoms with E-state index in [9.17, 15) is 0 Å². The number of ether oxygens (including phenoxy) is 2. The Morgan fingerprint density at radius 2 is 1.96 bits per heavy atom. The zero-order valence-corrected chi connectivity index (χ0v) is 16.9. The van der Waals surface area contributed by atoms with Crippen LogP contribution in [-0.2, 0) is 16.0 Å². The van der Waals surface area contributed by atoms with E-state index in [-0.39, 0.29) is 35.9 Å². The van der Waals surface area contributed by atoms with Crippen LogP contribution in [-0.4, -0.2) is 50.0 Å². The highest BCUT2D eigenvalue weighted by Gasteiger charge is 2.43. The molecule has 3 rings (SSSR count). The lowest BCUT2D eigenvalue weighted by Crippen LogP contribution is -2.41. The van der Waals surface area contributed by atoms with Crippen molar-refractivity contribution in [1.29, 1.82) is 0 Å². The molecule has 1 heterocycles. The molecule has 24 heavy (non-hydrogen) atoms. The fourth-order valence-electron chi connectivity index (χ4n) is 3.20. The van der Waals surface area contributed by atoms with Gasteiger partial charge in [0.2, 0.25) is 0 Å². The first-order valence-corrected chi connectivity index (χ1v) is 8.48. The van der Waals surface area contributed by atoms with Crippen molar-refractivity contribution in [2.24, 2.45) is 4.99 Å². The molecule has 2 aliphatic rings. The average Bonchev–Trinajstić information content (AvgIpc) is 3.18. The van der Waals surface area contributed by atoms with E-state index in [1.54, 1.807) is 0 Å². The van der Waals surface area contributed by atoms with Crippen LogP contribution in [0.5, 0.6) is 0 Å². The zero-order valence-electron chi connectivity index (χ0n) is 14.5. The second kappa shape index (κ2) is 9.01. The standard InChI is InChI=1S/C18H27N3O2.HI/c1-21(2)17(19-12-15-8-4-3-5-9-15)20-13-16-14-22-18(23-16)10-6-7-11-18;/h3-5,8-9,16H,6-7,10-14H2,1-2H3,(H,19,20);1H. The van der Waals surface area contributed by atoms with Gasteiger partial charge in [-0.25, -0.2) is 4.99 Å². The number of halogens is 1. The van der Waals surface area contributed by atoms with Gasteiger partial charge in [-0.1, -0.05) is 30.3 Å². The van der Waals surface area contributed by atoms with Crippen molar-refractivity contribution in [1.82, 2.24) is 10.2 Å². The summed E-state index contributed by atoms with van der Waals surface area (Å²) in [5, 5.41) is 3.41. The van der Waals surface area contributed by atoms with Crippen molar-refractivity contribution in [3.63, 3.8) is 0 Å². The third kappa shape index (κ3) is 5.07. The van der Waals surface area contributed by atoms with E-state index in [0.29, 0.717) is 13.2 Å². The molecule has 2 fully saturated rings. The van der Waals surface area contributed by atoms with Gasteiger partial charge in [-0.2, -0.15) is 0 Å². The highest BCUT2D eigenvalue weighted by Crippen LogP contribution is 2.38. The number of benzene rings is 1. The van der Waals surface area contributed by atoms with Crippen LogP contribution >= 0.6 is 24.0 Å². The minimum absolute atomic E-state index is 0. The molecule has 0 bridgehead atoms. The van der Waals surface area contributed by atoms with E-state index in [4.69, 9.17) is 9.47 Å². The number of guanidine groups is 1. The van der Waals surface area contributed by atoms with Gasteiger partial charge in [0.05, 0.1) is 13.2 Å². The molecule has 0 radical (unpaired) electrons. The van der Waals surface area contributed by atoms with Crippen LogP contribution in [0.15, 0.2) is 35.3 Å². The first-order valence-electron chi connectivity index (χ1n) is 8.48. The van der Waals surface area contributed by atoms with Crippen LogP contribution in [0.1, 0.15) is 31.2 Å².